The highest BCUT2D eigenvalue weighted by Crippen LogP contribution is 2.46. The number of ether oxygens (including phenoxy) is 1. The van der Waals surface area contributed by atoms with Gasteiger partial charge in [-0.05, 0) is 50.1 Å². The van der Waals surface area contributed by atoms with E-state index >= 15 is 0 Å². The molecule has 5 heteroatoms. The van der Waals surface area contributed by atoms with Gasteiger partial charge < -0.3 is 14.6 Å². The lowest BCUT2D eigenvalue weighted by molar-refractivity contribution is -0.0740. The number of nitrogens with one attached hydrogen (secondary N) is 1. The van der Waals surface area contributed by atoms with Crippen LogP contribution in [0.15, 0.2) is 4.52 Å². The van der Waals surface area contributed by atoms with Crippen LogP contribution < -0.4 is 5.32 Å². The monoisotopic (exact) mass is 293 g/mol. The molecule has 0 bridgehead atoms. The van der Waals surface area contributed by atoms with E-state index in [0.29, 0.717) is 17.3 Å². The molecule has 1 aromatic rings. The van der Waals surface area contributed by atoms with Crippen molar-refractivity contribution in [2.75, 3.05) is 20.2 Å². The number of methoxy groups -OCH3 is 1. The fraction of sp³-hybridized carbons (Fsp3) is 0.875. The van der Waals surface area contributed by atoms with Gasteiger partial charge in [0.2, 0.25) is 11.7 Å². The summed E-state index contributed by atoms with van der Waals surface area (Å²) in [6.07, 6.45) is 4.20. The average molecular weight is 293 g/mol. The van der Waals surface area contributed by atoms with Gasteiger partial charge in [0.1, 0.15) is 5.60 Å². The molecule has 1 N–H and O–H groups in total. The van der Waals surface area contributed by atoms with E-state index in [1.54, 1.807) is 7.11 Å². The Bertz CT molecular complexity index is 483. The van der Waals surface area contributed by atoms with E-state index < -0.39 is 0 Å². The predicted octanol–water partition coefficient (Wildman–Crippen LogP) is 2.83. The summed E-state index contributed by atoms with van der Waals surface area (Å²) in [6, 6.07) is 0. The maximum absolute atomic E-state index is 5.85. The first-order chi connectivity index (χ1) is 9.96. The molecule has 1 aliphatic heterocycles. The number of hydrogen-bond donors (Lipinski definition) is 1. The zero-order valence-corrected chi connectivity index (χ0v) is 13.6. The number of rotatable bonds is 4. The third-order valence-corrected chi connectivity index (χ3v) is 5.56. The molecule has 2 fully saturated rings. The molecular formula is C16H27N3O2. The summed E-state index contributed by atoms with van der Waals surface area (Å²) >= 11 is 0. The highest BCUT2D eigenvalue weighted by molar-refractivity contribution is 5.07. The summed E-state index contributed by atoms with van der Waals surface area (Å²) in [5.41, 5.74) is 0.0361. The topological polar surface area (TPSA) is 60.2 Å². The summed E-state index contributed by atoms with van der Waals surface area (Å²) in [5.74, 6) is 2.44. The van der Waals surface area contributed by atoms with Crippen LogP contribution in [0.5, 0.6) is 0 Å². The lowest BCUT2D eigenvalue weighted by Gasteiger charge is -2.40. The van der Waals surface area contributed by atoms with Gasteiger partial charge >= 0.3 is 0 Å². The Morgan fingerprint density at radius 3 is 2.43 bits per heavy atom. The number of hydrogen-bond acceptors (Lipinski definition) is 5. The van der Waals surface area contributed by atoms with E-state index in [-0.39, 0.29) is 5.60 Å². The zero-order chi connectivity index (χ0) is 15.1. The first-order valence-electron chi connectivity index (χ1n) is 8.06. The van der Waals surface area contributed by atoms with Crippen molar-refractivity contribution in [3.63, 3.8) is 0 Å². The molecule has 1 saturated heterocycles. The van der Waals surface area contributed by atoms with Crippen molar-refractivity contribution >= 4 is 0 Å². The summed E-state index contributed by atoms with van der Waals surface area (Å²) in [6.45, 7) is 8.90. The van der Waals surface area contributed by atoms with E-state index in [4.69, 9.17) is 14.2 Å². The highest BCUT2D eigenvalue weighted by atomic mass is 16.5. The maximum Gasteiger partial charge on any atom is 0.229 e. The van der Waals surface area contributed by atoms with Gasteiger partial charge in [0, 0.05) is 13.0 Å². The van der Waals surface area contributed by atoms with Gasteiger partial charge in [-0.1, -0.05) is 25.9 Å². The van der Waals surface area contributed by atoms with Crippen LogP contribution in [0.2, 0.25) is 0 Å². The normalized spacial score (nSPS) is 26.3. The van der Waals surface area contributed by atoms with Crippen LogP contribution in [-0.2, 0) is 10.3 Å². The van der Waals surface area contributed by atoms with Crippen molar-refractivity contribution < 1.29 is 9.26 Å². The quantitative estimate of drug-likeness (QED) is 0.925. The first-order valence-corrected chi connectivity index (χ1v) is 8.06. The Balaban J connectivity index is 1.77. The van der Waals surface area contributed by atoms with E-state index in [9.17, 15) is 0 Å². The maximum atomic E-state index is 5.85. The largest absolute Gasteiger partial charge is 0.370 e. The van der Waals surface area contributed by atoms with Gasteiger partial charge in [-0.2, -0.15) is 4.98 Å². The Morgan fingerprint density at radius 1 is 1.24 bits per heavy atom. The molecule has 5 nitrogen and oxygen atoms in total. The van der Waals surface area contributed by atoms with Crippen LogP contribution in [0.25, 0.3) is 0 Å². The number of aromatic nitrogens is 2. The van der Waals surface area contributed by atoms with Gasteiger partial charge in [0.25, 0.3) is 0 Å². The second kappa shape index (κ2) is 5.36. The van der Waals surface area contributed by atoms with Crippen molar-refractivity contribution in [2.24, 2.45) is 11.3 Å². The summed E-state index contributed by atoms with van der Waals surface area (Å²) < 4.78 is 11.4. The van der Waals surface area contributed by atoms with Crippen LogP contribution in [0, 0.1) is 11.3 Å². The summed E-state index contributed by atoms with van der Waals surface area (Å²) in [4.78, 5) is 4.70. The number of nitrogens with zero attached hydrogens (tertiary/aromatic N) is 2. The first kappa shape index (κ1) is 15.0. The molecule has 0 radical (unpaired) electrons. The molecule has 2 heterocycles. The van der Waals surface area contributed by atoms with E-state index in [2.05, 4.69) is 31.2 Å². The van der Waals surface area contributed by atoms with E-state index in [0.717, 1.165) is 50.5 Å². The average Bonchev–Trinajstić information content (AvgIpc) is 2.87. The van der Waals surface area contributed by atoms with Crippen LogP contribution in [-0.4, -0.2) is 30.3 Å². The molecule has 118 valence electrons. The van der Waals surface area contributed by atoms with Gasteiger partial charge in [-0.25, -0.2) is 0 Å². The van der Waals surface area contributed by atoms with Crippen LogP contribution in [0.4, 0.5) is 0 Å². The molecule has 3 rings (SSSR count). The lowest BCUT2D eigenvalue weighted by Crippen LogP contribution is -2.44. The minimum absolute atomic E-state index is 0.321. The van der Waals surface area contributed by atoms with Crippen molar-refractivity contribution in [3.8, 4) is 0 Å². The van der Waals surface area contributed by atoms with Gasteiger partial charge in [0.05, 0.1) is 0 Å². The SMILES string of the molecule is COC1(c2noc(C(C)C3CNC3)n2)CCC(C)(C)CC1. The second-order valence-corrected chi connectivity index (χ2v) is 7.53. The third-order valence-electron chi connectivity index (χ3n) is 5.56. The van der Waals surface area contributed by atoms with Crippen molar-refractivity contribution in [1.29, 1.82) is 0 Å². The Morgan fingerprint density at radius 2 is 1.90 bits per heavy atom. The van der Waals surface area contributed by atoms with Crippen molar-refractivity contribution in [1.82, 2.24) is 15.5 Å². The molecule has 0 aromatic carbocycles. The molecule has 1 aromatic heterocycles. The van der Waals surface area contributed by atoms with Crippen LogP contribution >= 0.6 is 0 Å². The molecular weight excluding hydrogens is 266 g/mol. The Kier molecular flexibility index (Phi) is 3.82. The van der Waals surface area contributed by atoms with Crippen LogP contribution in [0.3, 0.4) is 0 Å². The minimum atomic E-state index is -0.352. The molecule has 0 spiro atoms. The van der Waals surface area contributed by atoms with Gasteiger partial charge in [-0.3, -0.25) is 0 Å². The zero-order valence-electron chi connectivity index (χ0n) is 13.6. The fourth-order valence-electron chi connectivity index (χ4n) is 3.32. The summed E-state index contributed by atoms with van der Waals surface area (Å²) in [5, 5.41) is 7.56. The van der Waals surface area contributed by atoms with Crippen LogP contribution in [0.1, 0.15) is 64.1 Å². The molecule has 1 aliphatic carbocycles. The molecule has 0 amide bonds. The van der Waals surface area contributed by atoms with E-state index in [1.165, 1.54) is 0 Å². The molecule has 2 aliphatic rings. The Labute approximate surface area is 126 Å². The smallest absolute Gasteiger partial charge is 0.229 e. The summed E-state index contributed by atoms with van der Waals surface area (Å²) in [7, 11) is 1.77. The van der Waals surface area contributed by atoms with Gasteiger partial charge in [0.15, 0.2) is 0 Å². The lowest BCUT2D eigenvalue weighted by atomic mass is 9.70. The van der Waals surface area contributed by atoms with Gasteiger partial charge in [-0.15, -0.1) is 0 Å². The molecule has 1 saturated carbocycles. The second-order valence-electron chi connectivity index (χ2n) is 7.53. The Hall–Kier alpha value is -0.940. The standard InChI is InChI=1S/C16H27N3O2/c1-11(12-9-17-10-12)13-18-14(19-21-13)16(20-4)7-5-15(2,3)6-8-16/h11-12,17H,5-10H2,1-4H3. The fourth-order valence-corrected chi connectivity index (χ4v) is 3.32. The van der Waals surface area contributed by atoms with Crippen molar-refractivity contribution in [3.05, 3.63) is 11.7 Å². The third kappa shape index (κ3) is 2.73. The molecule has 1 unspecified atom stereocenters. The van der Waals surface area contributed by atoms with E-state index in [1.807, 2.05) is 0 Å². The highest BCUT2D eigenvalue weighted by Gasteiger charge is 2.43. The predicted molar refractivity (Wildman–Crippen MR) is 80.0 cm³/mol. The van der Waals surface area contributed by atoms with Crippen molar-refractivity contribution in [2.45, 2.75) is 58.0 Å². The minimum Gasteiger partial charge on any atom is -0.370 e. The molecule has 21 heavy (non-hydrogen) atoms. The molecule has 1 atom stereocenters.